The van der Waals surface area contributed by atoms with E-state index >= 15 is 0 Å². The zero-order valence-corrected chi connectivity index (χ0v) is 16.2. The van der Waals surface area contributed by atoms with Crippen LogP contribution in [0.2, 0.25) is 0 Å². The van der Waals surface area contributed by atoms with Crippen molar-refractivity contribution in [2.24, 2.45) is 10.9 Å². The van der Waals surface area contributed by atoms with Crippen LogP contribution in [0.1, 0.15) is 44.6 Å². The second-order valence-electron chi connectivity index (χ2n) is 6.05. The van der Waals surface area contributed by atoms with E-state index in [1.807, 2.05) is 18.3 Å². The van der Waals surface area contributed by atoms with Crippen molar-refractivity contribution < 1.29 is 13.2 Å². The van der Waals surface area contributed by atoms with E-state index in [-0.39, 0.29) is 12.4 Å². The Morgan fingerprint density at radius 3 is 2.64 bits per heavy atom. The van der Waals surface area contributed by atoms with Gasteiger partial charge in [0.1, 0.15) is 5.75 Å². The standard InChI is InChI=1S/C17H27N3O3S.ClH/c1-2-3-4-5-6-17(24(19,21)22)23-14-7-8-16-15(11-14)13(9-10-18)12-20-16;/h7-8,11-12,17,20H,2-6,9-10,18H2,1H3,(H2,19,21,22);1H. The largest absolute Gasteiger partial charge is 0.473 e. The van der Waals surface area contributed by atoms with Gasteiger partial charge in [-0.1, -0.05) is 26.2 Å². The number of halogens is 1. The van der Waals surface area contributed by atoms with E-state index in [9.17, 15) is 8.42 Å². The quantitative estimate of drug-likeness (QED) is 0.542. The van der Waals surface area contributed by atoms with Crippen LogP contribution in [-0.2, 0) is 16.4 Å². The molecule has 0 aliphatic rings. The highest BCUT2D eigenvalue weighted by Gasteiger charge is 2.23. The van der Waals surface area contributed by atoms with Gasteiger partial charge in [0.2, 0.25) is 15.5 Å². The SMILES string of the molecule is CCCCCCC(Oc1ccc2[nH]cc(CCN)c2c1)S(N)(=O)=O.Cl. The Labute approximate surface area is 155 Å². The van der Waals surface area contributed by atoms with Crippen molar-refractivity contribution in [1.29, 1.82) is 0 Å². The average Bonchev–Trinajstić information content (AvgIpc) is 2.92. The molecule has 0 saturated heterocycles. The molecule has 0 aliphatic heterocycles. The van der Waals surface area contributed by atoms with E-state index < -0.39 is 15.5 Å². The fourth-order valence-corrected chi connectivity index (χ4v) is 3.51. The van der Waals surface area contributed by atoms with Crippen molar-refractivity contribution in [3.63, 3.8) is 0 Å². The van der Waals surface area contributed by atoms with Crippen LogP contribution in [0.25, 0.3) is 10.9 Å². The van der Waals surface area contributed by atoms with Gasteiger partial charge in [-0.05, 0) is 43.1 Å². The number of rotatable bonds is 10. The average molecular weight is 390 g/mol. The third-order valence-corrected chi connectivity index (χ3v) is 5.14. The van der Waals surface area contributed by atoms with Gasteiger partial charge in [-0.3, -0.25) is 0 Å². The molecule has 2 aromatic rings. The van der Waals surface area contributed by atoms with Crippen molar-refractivity contribution >= 4 is 33.3 Å². The molecule has 0 radical (unpaired) electrons. The highest BCUT2D eigenvalue weighted by atomic mass is 35.5. The van der Waals surface area contributed by atoms with E-state index in [2.05, 4.69) is 11.9 Å². The summed E-state index contributed by atoms with van der Waals surface area (Å²) in [5.74, 6) is 0.509. The predicted octanol–water partition coefficient (Wildman–Crippen LogP) is 3.05. The molecule has 0 amide bonds. The Morgan fingerprint density at radius 1 is 1.24 bits per heavy atom. The third-order valence-electron chi connectivity index (χ3n) is 4.08. The molecule has 0 fully saturated rings. The minimum absolute atomic E-state index is 0. The molecule has 5 N–H and O–H groups in total. The Morgan fingerprint density at radius 2 is 2.00 bits per heavy atom. The first-order valence-electron chi connectivity index (χ1n) is 8.44. The van der Waals surface area contributed by atoms with Gasteiger partial charge in [-0.2, -0.15) is 0 Å². The summed E-state index contributed by atoms with van der Waals surface area (Å²) in [4.78, 5) is 3.18. The fraction of sp³-hybridized carbons (Fsp3) is 0.529. The van der Waals surface area contributed by atoms with Crippen molar-refractivity contribution in [2.75, 3.05) is 6.54 Å². The second-order valence-corrected chi connectivity index (χ2v) is 7.75. The number of hydrogen-bond acceptors (Lipinski definition) is 4. The van der Waals surface area contributed by atoms with Crippen molar-refractivity contribution in [1.82, 2.24) is 4.98 Å². The van der Waals surface area contributed by atoms with E-state index in [4.69, 9.17) is 15.6 Å². The number of aromatic amines is 1. The molecule has 0 aliphatic carbocycles. The summed E-state index contributed by atoms with van der Waals surface area (Å²) in [6, 6.07) is 5.48. The maximum Gasteiger partial charge on any atom is 0.247 e. The molecule has 1 unspecified atom stereocenters. The molecule has 0 saturated carbocycles. The molecular weight excluding hydrogens is 362 g/mol. The monoisotopic (exact) mass is 389 g/mol. The molecule has 1 aromatic carbocycles. The summed E-state index contributed by atoms with van der Waals surface area (Å²) < 4.78 is 29.3. The molecule has 6 nitrogen and oxygen atoms in total. The second kappa shape index (κ2) is 10.0. The van der Waals surface area contributed by atoms with Gasteiger partial charge in [0.25, 0.3) is 0 Å². The van der Waals surface area contributed by atoms with E-state index in [0.717, 1.165) is 48.6 Å². The van der Waals surface area contributed by atoms with Crippen LogP contribution in [0.3, 0.4) is 0 Å². The molecule has 142 valence electrons. The fourth-order valence-electron chi connectivity index (χ4n) is 2.77. The maximum atomic E-state index is 11.8. The van der Waals surface area contributed by atoms with Gasteiger partial charge >= 0.3 is 0 Å². The van der Waals surface area contributed by atoms with Crippen LogP contribution in [0.15, 0.2) is 24.4 Å². The number of aromatic nitrogens is 1. The number of ether oxygens (including phenoxy) is 1. The molecule has 25 heavy (non-hydrogen) atoms. The molecule has 1 heterocycles. The number of primary sulfonamides is 1. The molecular formula is C17H28ClN3O3S. The highest BCUT2D eigenvalue weighted by molar-refractivity contribution is 7.89. The summed E-state index contributed by atoms with van der Waals surface area (Å²) in [7, 11) is -3.76. The predicted molar refractivity (Wildman–Crippen MR) is 105 cm³/mol. The minimum Gasteiger partial charge on any atom is -0.473 e. The van der Waals surface area contributed by atoms with Crippen LogP contribution < -0.4 is 15.6 Å². The van der Waals surface area contributed by atoms with Gasteiger partial charge in [0.05, 0.1) is 0 Å². The lowest BCUT2D eigenvalue weighted by Gasteiger charge is -2.17. The van der Waals surface area contributed by atoms with Gasteiger partial charge in [-0.25, -0.2) is 13.6 Å². The van der Waals surface area contributed by atoms with Crippen LogP contribution in [0, 0.1) is 0 Å². The number of H-pyrrole nitrogens is 1. The lowest BCUT2D eigenvalue weighted by molar-refractivity contribution is 0.257. The first kappa shape index (κ1) is 21.8. The number of sulfonamides is 1. The molecule has 2 rings (SSSR count). The van der Waals surface area contributed by atoms with Gasteiger partial charge in [0.15, 0.2) is 0 Å². The van der Waals surface area contributed by atoms with Gasteiger partial charge in [0, 0.05) is 23.5 Å². The zero-order valence-electron chi connectivity index (χ0n) is 14.5. The smallest absolute Gasteiger partial charge is 0.247 e. The molecule has 0 bridgehead atoms. The number of hydrogen-bond donors (Lipinski definition) is 3. The summed E-state index contributed by atoms with van der Waals surface area (Å²) in [6.45, 7) is 2.66. The Hall–Kier alpha value is -1.28. The molecule has 1 aromatic heterocycles. The number of fused-ring (bicyclic) bond motifs is 1. The van der Waals surface area contributed by atoms with E-state index in [1.54, 1.807) is 6.07 Å². The molecule has 8 heteroatoms. The van der Waals surface area contributed by atoms with E-state index in [1.165, 1.54) is 0 Å². The van der Waals surface area contributed by atoms with Crippen LogP contribution in [0.4, 0.5) is 0 Å². The lowest BCUT2D eigenvalue weighted by atomic mass is 10.1. The summed E-state index contributed by atoms with van der Waals surface area (Å²) in [6.07, 6.45) is 7.00. The van der Waals surface area contributed by atoms with Gasteiger partial charge < -0.3 is 15.5 Å². The Kier molecular flexibility index (Phi) is 8.71. The van der Waals surface area contributed by atoms with Crippen LogP contribution >= 0.6 is 12.4 Å². The maximum absolute atomic E-state index is 11.8. The zero-order chi connectivity index (χ0) is 17.6. The summed E-state index contributed by atoms with van der Waals surface area (Å²) in [5.41, 5.74) is 6.68. The number of nitrogens with two attached hydrogens (primary N) is 2. The topological polar surface area (TPSA) is 111 Å². The Balaban J connectivity index is 0.00000312. The van der Waals surface area contributed by atoms with Crippen LogP contribution in [-0.4, -0.2) is 25.4 Å². The lowest BCUT2D eigenvalue weighted by Crippen LogP contribution is -2.33. The molecule has 0 spiro atoms. The minimum atomic E-state index is -3.76. The summed E-state index contributed by atoms with van der Waals surface area (Å²) in [5, 5.41) is 6.33. The van der Waals surface area contributed by atoms with E-state index in [0.29, 0.717) is 18.7 Å². The van der Waals surface area contributed by atoms with Gasteiger partial charge in [-0.15, -0.1) is 12.4 Å². The Bertz CT molecular complexity index is 762. The van der Waals surface area contributed by atoms with Crippen molar-refractivity contribution in [3.05, 3.63) is 30.0 Å². The van der Waals surface area contributed by atoms with Crippen molar-refractivity contribution in [2.45, 2.75) is 50.9 Å². The summed E-state index contributed by atoms with van der Waals surface area (Å²) >= 11 is 0. The highest BCUT2D eigenvalue weighted by Crippen LogP contribution is 2.26. The number of benzene rings is 1. The van der Waals surface area contributed by atoms with Crippen LogP contribution in [0.5, 0.6) is 5.75 Å². The normalized spacial score (nSPS) is 12.8. The third kappa shape index (κ3) is 6.18. The first-order chi connectivity index (χ1) is 11.5. The molecule has 1 atom stereocenters. The number of unbranched alkanes of at least 4 members (excludes halogenated alkanes) is 3. The number of nitrogens with one attached hydrogen (secondary N) is 1. The first-order valence-corrected chi connectivity index (χ1v) is 10.0. The van der Waals surface area contributed by atoms with Crippen molar-refractivity contribution in [3.8, 4) is 5.75 Å².